The van der Waals surface area contributed by atoms with Crippen LogP contribution in [0.25, 0.3) is 0 Å². The second-order valence-corrected chi connectivity index (χ2v) is 9.31. The van der Waals surface area contributed by atoms with Gasteiger partial charge in [-0.3, -0.25) is 4.79 Å². The summed E-state index contributed by atoms with van der Waals surface area (Å²) in [5, 5.41) is 0. The molecule has 210 valence electrons. The number of carbonyl (C=O) groups excluding carboxylic acids is 1. The zero-order chi connectivity index (χ0) is 28.9. The molecule has 0 N–H and O–H groups in total. The quantitative estimate of drug-likeness (QED) is 0.275. The maximum atomic E-state index is 13.6. The van der Waals surface area contributed by atoms with Gasteiger partial charge in [-0.15, -0.1) is 0 Å². The maximum Gasteiger partial charge on any atom is 0.460 e. The van der Waals surface area contributed by atoms with Gasteiger partial charge in [0.2, 0.25) is 0 Å². The first-order valence-corrected chi connectivity index (χ1v) is 10.1. The van der Waals surface area contributed by atoms with Crippen molar-refractivity contribution < 1.29 is 87.8 Å². The van der Waals surface area contributed by atoms with Crippen LogP contribution in [0.2, 0.25) is 0 Å². The molecule has 0 aromatic carbocycles. The maximum absolute atomic E-state index is 13.6. The van der Waals surface area contributed by atoms with Crippen molar-refractivity contribution in [3.63, 3.8) is 0 Å². The van der Waals surface area contributed by atoms with Crippen molar-refractivity contribution in [1.82, 2.24) is 0 Å². The summed E-state index contributed by atoms with van der Waals surface area (Å²) in [6.45, 7) is 0.749. The van der Waals surface area contributed by atoms with Crippen LogP contribution in [0.3, 0.4) is 0 Å². The Morgan fingerprint density at radius 2 is 0.857 bits per heavy atom. The Bertz CT molecular complexity index is 888. The first-order valence-electron chi connectivity index (χ1n) is 8.28. The van der Waals surface area contributed by atoms with E-state index >= 15 is 0 Å². The summed E-state index contributed by atoms with van der Waals surface area (Å²) in [6.07, 6.45) is -11.9. The smallest absolute Gasteiger partial charge is 0.300 e. The second-order valence-electron chi connectivity index (χ2n) is 7.00. The number of hydrogen-bond donors (Lipinski definition) is 0. The van der Waals surface area contributed by atoms with Crippen LogP contribution >= 0.6 is 0 Å². The molecule has 0 unspecified atom stereocenters. The van der Waals surface area contributed by atoms with E-state index in [1.807, 2.05) is 0 Å². The van der Waals surface area contributed by atoms with E-state index in [1.54, 1.807) is 0 Å². The summed E-state index contributed by atoms with van der Waals surface area (Å²) >= 11 is 0. The van der Waals surface area contributed by atoms with Crippen molar-refractivity contribution in [2.45, 2.75) is 67.4 Å². The molecule has 0 aromatic heterocycles. The summed E-state index contributed by atoms with van der Waals surface area (Å²) in [5.41, 5.74) is 0. The molecule has 0 heterocycles. The van der Waals surface area contributed by atoms with Gasteiger partial charge in [0.1, 0.15) is 5.78 Å². The van der Waals surface area contributed by atoms with E-state index in [0.29, 0.717) is 0 Å². The van der Waals surface area contributed by atoms with Gasteiger partial charge in [0.05, 0.1) is 11.5 Å². The predicted octanol–water partition coefficient (Wildman–Crippen LogP) is 5.78. The highest BCUT2D eigenvalue weighted by atomic mass is 32.2. The van der Waals surface area contributed by atoms with Crippen molar-refractivity contribution in [3.8, 4) is 0 Å². The molecule has 0 radical (unpaired) electrons. The second kappa shape index (κ2) is 9.07. The molecule has 0 spiro atoms. The van der Waals surface area contributed by atoms with Gasteiger partial charge in [0.15, 0.2) is 9.84 Å². The van der Waals surface area contributed by atoms with E-state index in [1.165, 1.54) is 0 Å². The molecule has 0 rings (SSSR count). The molecule has 0 saturated carbocycles. The Hall–Kier alpha value is -1.57. The Morgan fingerprint density at radius 3 is 1.17 bits per heavy atom. The minimum Gasteiger partial charge on any atom is -0.300 e. The number of sulfone groups is 1. The highest BCUT2D eigenvalue weighted by Crippen LogP contribution is 2.64. The van der Waals surface area contributed by atoms with E-state index in [0.717, 1.165) is 6.92 Å². The first-order chi connectivity index (χ1) is 14.9. The lowest BCUT2D eigenvalue weighted by Gasteiger charge is -2.42. The summed E-state index contributed by atoms with van der Waals surface area (Å²) < 4.78 is 245. The normalized spacial score (nSPS) is 15.9. The molecular weight excluding hydrogens is 571 g/mol. The van der Waals surface area contributed by atoms with Gasteiger partial charge in [-0.25, -0.2) is 8.42 Å². The summed E-state index contributed by atoms with van der Waals surface area (Å²) in [6, 6.07) is 0. The van der Waals surface area contributed by atoms with Crippen molar-refractivity contribution in [3.05, 3.63) is 0 Å². The van der Waals surface area contributed by atoms with E-state index in [-0.39, 0.29) is 0 Å². The van der Waals surface area contributed by atoms with Crippen LogP contribution in [0.4, 0.5) is 74.6 Å². The molecule has 35 heavy (non-hydrogen) atoms. The molecule has 0 bridgehead atoms. The van der Waals surface area contributed by atoms with Gasteiger partial charge in [-0.05, 0) is 6.92 Å². The fourth-order valence-electron chi connectivity index (χ4n) is 2.04. The zero-order valence-electron chi connectivity index (χ0n) is 16.4. The summed E-state index contributed by atoms with van der Waals surface area (Å²) in [5.74, 6) is -62.0. The number of ketones is 1. The van der Waals surface area contributed by atoms with Gasteiger partial charge in [0, 0.05) is 12.8 Å². The lowest BCUT2D eigenvalue weighted by Crippen LogP contribution is -2.74. The van der Waals surface area contributed by atoms with Crippen LogP contribution in [0.5, 0.6) is 0 Å². The van der Waals surface area contributed by atoms with E-state index in [4.69, 9.17) is 0 Å². The number of carbonyl (C=O) groups is 1. The number of halogens is 17. The molecule has 3 nitrogen and oxygen atoms in total. The van der Waals surface area contributed by atoms with Crippen LogP contribution in [-0.4, -0.2) is 73.3 Å². The monoisotopic (exact) mass is 582 g/mol. The highest BCUT2D eigenvalue weighted by Gasteiger charge is 2.95. The fourth-order valence-corrected chi connectivity index (χ4v) is 3.41. The van der Waals surface area contributed by atoms with Gasteiger partial charge < -0.3 is 0 Å². The van der Waals surface area contributed by atoms with Crippen molar-refractivity contribution in [1.29, 1.82) is 0 Å². The topological polar surface area (TPSA) is 51.2 Å². The van der Waals surface area contributed by atoms with Crippen molar-refractivity contribution in [2.24, 2.45) is 0 Å². The van der Waals surface area contributed by atoms with Crippen LogP contribution in [-0.2, 0) is 14.6 Å². The number of rotatable bonds is 12. The van der Waals surface area contributed by atoms with Crippen molar-refractivity contribution >= 4 is 15.6 Å². The molecule has 0 amide bonds. The van der Waals surface area contributed by atoms with Gasteiger partial charge >= 0.3 is 47.6 Å². The highest BCUT2D eigenvalue weighted by molar-refractivity contribution is 7.91. The molecule has 0 atom stereocenters. The van der Waals surface area contributed by atoms with Crippen LogP contribution < -0.4 is 0 Å². The standard InChI is InChI=1S/C14H11F17O3S/c1-6(32)2-4-35(33,34)5-3-7(15,16)8(17,18)9(19,20)10(21,22)11(23,24)12(25,26)13(27,28)14(29,30)31/h2-5H2,1H3. The summed E-state index contributed by atoms with van der Waals surface area (Å²) in [7, 11) is -5.00. The van der Waals surface area contributed by atoms with E-state index < -0.39 is 87.6 Å². The first kappa shape index (κ1) is 33.4. The minimum atomic E-state index is -8.74. The number of alkyl halides is 17. The Morgan fingerprint density at radius 1 is 0.543 bits per heavy atom. The average molecular weight is 582 g/mol. The van der Waals surface area contributed by atoms with Crippen molar-refractivity contribution in [2.75, 3.05) is 11.5 Å². The molecule has 0 aliphatic carbocycles. The fraction of sp³-hybridized carbons (Fsp3) is 0.929. The third-order valence-electron chi connectivity index (χ3n) is 4.28. The largest absolute Gasteiger partial charge is 0.460 e. The Balaban J connectivity index is 6.42. The Labute approximate surface area is 183 Å². The molecule has 0 aliphatic heterocycles. The minimum absolute atomic E-state index is 0.749. The molecular formula is C14H11F17O3S. The molecule has 0 fully saturated rings. The van der Waals surface area contributed by atoms with Crippen LogP contribution in [0.1, 0.15) is 19.8 Å². The molecule has 0 saturated heterocycles. The average Bonchev–Trinajstić information content (AvgIpc) is 2.63. The lowest BCUT2D eigenvalue weighted by atomic mass is 9.88. The lowest BCUT2D eigenvalue weighted by molar-refractivity contribution is -0.461. The molecule has 0 aromatic rings. The van der Waals surface area contributed by atoms with Gasteiger partial charge in [0.25, 0.3) is 0 Å². The van der Waals surface area contributed by atoms with E-state index in [2.05, 4.69) is 0 Å². The van der Waals surface area contributed by atoms with Gasteiger partial charge in [-0.2, -0.15) is 74.6 Å². The zero-order valence-corrected chi connectivity index (χ0v) is 17.2. The third-order valence-corrected chi connectivity index (χ3v) is 5.93. The van der Waals surface area contributed by atoms with Crippen LogP contribution in [0.15, 0.2) is 0 Å². The Kier molecular flexibility index (Phi) is 8.66. The summed E-state index contributed by atoms with van der Waals surface area (Å²) in [4.78, 5) is 10.6. The van der Waals surface area contributed by atoms with E-state index in [9.17, 15) is 87.8 Å². The molecule has 0 aliphatic rings. The third kappa shape index (κ3) is 5.42. The van der Waals surface area contributed by atoms with Gasteiger partial charge in [-0.1, -0.05) is 0 Å². The predicted molar refractivity (Wildman–Crippen MR) is 79.3 cm³/mol. The van der Waals surface area contributed by atoms with Crippen LogP contribution in [0, 0.1) is 0 Å². The number of hydrogen-bond acceptors (Lipinski definition) is 3. The molecule has 21 heteroatoms. The number of Topliss-reactive ketones (excluding diaryl/α,β-unsaturated/α-hetero) is 1. The SMILES string of the molecule is CC(=O)CCS(=O)(=O)CCC(F)(F)C(F)(F)C(F)(F)C(F)(F)C(F)(F)C(F)(F)C(F)(F)C(F)(F)F.